The lowest BCUT2D eigenvalue weighted by Gasteiger charge is -2.29. The van der Waals surface area contributed by atoms with Gasteiger partial charge in [-0.1, -0.05) is 25.0 Å². The molecule has 1 aromatic carbocycles. The molecule has 1 aromatic rings. The second-order valence-electron chi connectivity index (χ2n) is 5.02. The highest BCUT2D eigenvalue weighted by Crippen LogP contribution is 2.35. The monoisotopic (exact) mass is 217 g/mol. The first-order valence-corrected chi connectivity index (χ1v) is 6.36. The van der Waals surface area contributed by atoms with E-state index in [1.165, 1.54) is 36.8 Å². The van der Waals surface area contributed by atoms with Crippen LogP contribution in [0.5, 0.6) is 5.75 Å². The van der Waals surface area contributed by atoms with E-state index in [9.17, 15) is 0 Å². The van der Waals surface area contributed by atoms with E-state index in [0.29, 0.717) is 12.0 Å². The molecule has 16 heavy (non-hydrogen) atoms. The highest BCUT2D eigenvalue weighted by Gasteiger charge is 2.24. The molecule has 1 saturated carbocycles. The van der Waals surface area contributed by atoms with E-state index in [1.54, 1.807) is 0 Å². The van der Waals surface area contributed by atoms with Crippen LogP contribution < -0.4 is 10.5 Å². The van der Waals surface area contributed by atoms with E-state index in [0.717, 1.165) is 18.8 Å². The van der Waals surface area contributed by atoms with E-state index in [-0.39, 0.29) is 0 Å². The summed E-state index contributed by atoms with van der Waals surface area (Å²) in [7, 11) is 0. The molecule has 0 radical (unpaired) electrons. The van der Waals surface area contributed by atoms with Gasteiger partial charge in [0.25, 0.3) is 0 Å². The van der Waals surface area contributed by atoms with E-state index >= 15 is 0 Å². The minimum absolute atomic E-state index is 0.356. The van der Waals surface area contributed by atoms with Gasteiger partial charge in [-0.2, -0.15) is 0 Å². The van der Waals surface area contributed by atoms with Crippen LogP contribution in [0.1, 0.15) is 42.7 Å². The fraction of sp³-hybridized carbons (Fsp3) is 0.571. The fourth-order valence-electron chi connectivity index (χ4n) is 3.01. The number of ether oxygens (including phenoxy) is 1. The first-order chi connectivity index (χ1) is 7.84. The first-order valence-electron chi connectivity index (χ1n) is 6.36. The summed E-state index contributed by atoms with van der Waals surface area (Å²) in [4.78, 5) is 0. The number of fused-ring (bicyclic) bond motifs is 1. The number of rotatable bonds is 1. The Morgan fingerprint density at radius 2 is 2.06 bits per heavy atom. The van der Waals surface area contributed by atoms with Crippen molar-refractivity contribution in [1.82, 2.24) is 0 Å². The maximum absolute atomic E-state index is 6.22. The average molecular weight is 217 g/mol. The van der Waals surface area contributed by atoms with Gasteiger partial charge in [-0.3, -0.25) is 0 Å². The largest absolute Gasteiger partial charge is 0.493 e. The molecule has 0 amide bonds. The zero-order valence-electron chi connectivity index (χ0n) is 9.61. The smallest absolute Gasteiger partial charge is 0.122 e. The van der Waals surface area contributed by atoms with Gasteiger partial charge >= 0.3 is 0 Å². The van der Waals surface area contributed by atoms with Crippen molar-refractivity contribution >= 4 is 0 Å². The Morgan fingerprint density at radius 1 is 1.19 bits per heavy atom. The van der Waals surface area contributed by atoms with Crippen LogP contribution in [0.25, 0.3) is 0 Å². The van der Waals surface area contributed by atoms with Crippen LogP contribution in [0.3, 0.4) is 0 Å². The summed E-state index contributed by atoms with van der Waals surface area (Å²) >= 11 is 0. The number of hydrogen-bond donors (Lipinski definition) is 1. The molecular weight excluding hydrogens is 198 g/mol. The molecule has 1 aliphatic heterocycles. The highest BCUT2D eigenvalue weighted by molar-refractivity contribution is 5.41. The van der Waals surface area contributed by atoms with Crippen molar-refractivity contribution in [2.45, 2.75) is 44.1 Å². The predicted molar refractivity (Wildman–Crippen MR) is 64.8 cm³/mol. The average Bonchev–Trinajstić information content (AvgIpc) is 2.76. The maximum atomic E-state index is 6.22. The summed E-state index contributed by atoms with van der Waals surface area (Å²) in [5, 5.41) is 0. The Morgan fingerprint density at radius 3 is 2.94 bits per heavy atom. The molecule has 2 atom stereocenters. The molecule has 1 heterocycles. The van der Waals surface area contributed by atoms with Gasteiger partial charge in [0.15, 0.2) is 0 Å². The molecule has 86 valence electrons. The topological polar surface area (TPSA) is 35.2 Å². The highest BCUT2D eigenvalue weighted by atomic mass is 16.5. The predicted octanol–water partition coefficient (Wildman–Crippen LogP) is 2.61. The molecule has 2 nitrogen and oxygen atoms in total. The van der Waals surface area contributed by atoms with Crippen molar-refractivity contribution in [2.75, 3.05) is 6.61 Å². The molecule has 0 saturated heterocycles. The molecule has 3 rings (SSSR count). The van der Waals surface area contributed by atoms with Gasteiger partial charge in [-0.05, 0) is 36.0 Å². The minimum Gasteiger partial charge on any atom is -0.493 e. The van der Waals surface area contributed by atoms with E-state index < -0.39 is 0 Å². The fourth-order valence-corrected chi connectivity index (χ4v) is 3.01. The van der Waals surface area contributed by atoms with Crippen molar-refractivity contribution in [3.05, 3.63) is 29.3 Å². The lowest BCUT2D eigenvalue weighted by molar-refractivity contribution is 0.356. The third kappa shape index (κ3) is 1.71. The molecule has 0 bridgehead atoms. The lowest BCUT2D eigenvalue weighted by Crippen LogP contribution is -2.31. The van der Waals surface area contributed by atoms with Crippen LogP contribution in [-0.4, -0.2) is 12.6 Å². The van der Waals surface area contributed by atoms with Crippen LogP contribution in [0, 0.1) is 0 Å². The molecular formula is C14H19NO. The van der Waals surface area contributed by atoms with Gasteiger partial charge in [-0.25, -0.2) is 0 Å². The Labute approximate surface area is 96.8 Å². The molecule has 2 heteroatoms. The van der Waals surface area contributed by atoms with Crippen molar-refractivity contribution in [1.29, 1.82) is 0 Å². The molecule has 2 unspecified atom stereocenters. The van der Waals surface area contributed by atoms with Crippen molar-refractivity contribution in [3.63, 3.8) is 0 Å². The van der Waals surface area contributed by atoms with Gasteiger partial charge in [0, 0.05) is 12.5 Å². The second-order valence-corrected chi connectivity index (χ2v) is 5.02. The van der Waals surface area contributed by atoms with Crippen molar-refractivity contribution in [2.24, 2.45) is 5.73 Å². The summed E-state index contributed by atoms with van der Waals surface area (Å²) < 4.78 is 5.54. The van der Waals surface area contributed by atoms with Crippen molar-refractivity contribution < 1.29 is 4.74 Å². The lowest BCUT2D eigenvalue weighted by atomic mass is 9.80. The Bertz CT molecular complexity index is 388. The van der Waals surface area contributed by atoms with Gasteiger partial charge < -0.3 is 10.5 Å². The summed E-state index contributed by atoms with van der Waals surface area (Å²) in [6.45, 7) is 0.843. The van der Waals surface area contributed by atoms with E-state index in [4.69, 9.17) is 10.5 Å². The Kier molecular flexibility index (Phi) is 2.60. The van der Waals surface area contributed by atoms with E-state index in [2.05, 4.69) is 18.2 Å². The second kappa shape index (κ2) is 4.10. The molecule has 1 aliphatic carbocycles. The maximum Gasteiger partial charge on any atom is 0.122 e. The SMILES string of the molecule is NC1CCCCC1c1ccc2c(c1)CCO2. The summed E-state index contributed by atoms with van der Waals surface area (Å²) in [6.07, 6.45) is 6.11. The van der Waals surface area contributed by atoms with Gasteiger partial charge in [0.1, 0.15) is 5.75 Å². The third-order valence-corrected chi connectivity index (χ3v) is 3.96. The Balaban J connectivity index is 1.88. The number of benzene rings is 1. The standard InChI is InChI=1S/C14H19NO/c15-13-4-2-1-3-12(13)10-5-6-14-11(9-10)7-8-16-14/h5-6,9,12-13H,1-4,7-8,15H2. The molecule has 0 spiro atoms. The molecule has 2 N–H and O–H groups in total. The zero-order valence-corrected chi connectivity index (χ0v) is 9.61. The summed E-state index contributed by atoms with van der Waals surface area (Å²) in [5.41, 5.74) is 9.02. The summed E-state index contributed by atoms with van der Waals surface area (Å²) in [6, 6.07) is 7.01. The quantitative estimate of drug-likeness (QED) is 0.784. The van der Waals surface area contributed by atoms with Crippen LogP contribution in [0.2, 0.25) is 0 Å². The van der Waals surface area contributed by atoms with Gasteiger partial charge in [0.2, 0.25) is 0 Å². The molecule has 1 fully saturated rings. The zero-order chi connectivity index (χ0) is 11.0. The molecule has 0 aromatic heterocycles. The van der Waals surface area contributed by atoms with E-state index in [1.807, 2.05) is 0 Å². The van der Waals surface area contributed by atoms with Crippen LogP contribution in [0.15, 0.2) is 18.2 Å². The minimum atomic E-state index is 0.356. The number of hydrogen-bond acceptors (Lipinski definition) is 2. The Hall–Kier alpha value is -1.02. The third-order valence-electron chi connectivity index (χ3n) is 3.96. The van der Waals surface area contributed by atoms with Crippen LogP contribution in [-0.2, 0) is 6.42 Å². The van der Waals surface area contributed by atoms with Gasteiger partial charge in [-0.15, -0.1) is 0 Å². The van der Waals surface area contributed by atoms with Crippen molar-refractivity contribution in [3.8, 4) is 5.75 Å². The first kappa shape index (κ1) is 10.2. The van der Waals surface area contributed by atoms with Gasteiger partial charge in [0.05, 0.1) is 6.61 Å². The molecule has 2 aliphatic rings. The van der Waals surface area contributed by atoms with Crippen LogP contribution >= 0.6 is 0 Å². The number of nitrogens with two attached hydrogens (primary N) is 1. The summed E-state index contributed by atoms with van der Waals surface area (Å²) in [5.74, 6) is 1.65. The van der Waals surface area contributed by atoms with Crippen LogP contribution in [0.4, 0.5) is 0 Å². The normalized spacial score (nSPS) is 28.6.